The summed E-state index contributed by atoms with van der Waals surface area (Å²) >= 11 is 0. The summed E-state index contributed by atoms with van der Waals surface area (Å²) in [7, 11) is 0. The van der Waals surface area contributed by atoms with Gasteiger partial charge in [-0.05, 0) is 66.7 Å². The van der Waals surface area contributed by atoms with Crippen molar-refractivity contribution in [2.24, 2.45) is 22.7 Å². The highest BCUT2D eigenvalue weighted by atomic mass is 16.6. The van der Waals surface area contributed by atoms with Gasteiger partial charge < -0.3 is 26.4 Å². The Kier molecular flexibility index (Phi) is 13.3. The van der Waals surface area contributed by atoms with Crippen LogP contribution in [0.2, 0.25) is 0 Å². The SMILES string of the molecule is CC(C)C[C@H](NC(=O)[C@H](Cc1ccccc1)N=[N+]=[N-])C(=O)N[C@@H](CC(C)C)C(=O)N[C@@H](Cc1ccc(CN)cc1)C(=O)[C@@]1(C)CO1. The van der Waals surface area contributed by atoms with Gasteiger partial charge in [0.2, 0.25) is 17.7 Å². The number of nitrogens with one attached hydrogen (secondary N) is 3. The number of rotatable bonds is 18. The van der Waals surface area contributed by atoms with Crippen molar-refractivity contribution in [3.63, 3.8) is 0 Å². The molecule has 1 aliphatic rings. The molecule has 5 N–H and O–H groups in total. The maximum atomic E-state index is 13.8. The first-order valence-electron chi connectivity index (χ1n) is 15.8. The first-order chi connectivity index (χ1) is 21.8. The second-order valence-corrected chi connectivity index (χ2v) is 13.0. The molecule has 2 aromatic rings. The average Bonchev–Trinajstić information content (AvgIpc) is 3.78. The average molecular weight is 634 g/mol. The molecule has 2 aromatic carbocycles. The molecule has 3 amide bonds. The predicted octanol–water partition coefficient (Wildman–Crippen LogP) is 3.51. The number of Topliss-reactive ketones (excluding diaryl/α,β-unsaturated/α-hetero) is 1. The molecule has 1 heterocycles. The van der Waals surface area contributed by atoms with Gasteiger partial charge in [-0.1, -0.05) is 87.4 Å². The predicted molar refractivity (Wildman–Crippen MR) is 175 cm³/mol. The van der Waals surface area contributed by atoms with E-state index in [1.54, 1.807) is 6.92 Å². The molecular weight excluding hydrogens is 586 g/mol. The molecule has 0 spiro atoms. The van der Waals surface area contributed by atoms with Gasteiger partial charge in [0.1, 0.15) is 23.7 Å². The fraction of sp³-hybridized carbons (Fsp3) is 0.529. The van der Waals surface area contributed by atoms with Crippen LogP contribution in [-0.4, -0.2) is 59.9 Å². The van der Waals surface area contributed by atoms with Crippen molar-refractivity contribution in [1.29, 1.82) is 0 Å². The Hall–Kier alpha value is -4.25. The lowest BCUT2D eigenvalue weighted by Gasteiger charge is -2.27. The second-order valence-electron chi connectivity index (χ2n) is 13.0. The third kappa shape index (κ3) is 11.0. The number of azide groups is 1. The van der Waals surface area contributed by atoms with E-state index < -0.39 is 47.5 Å². The Morgan fingerprint density at radius 3 is 1.76 bits per heavy atom. The molecule has 0 radical (unpaired) electrons. The Balaban J connectivity index is 1.78. The molecule has 0 unspecified atom stereocenters. The van der Waals surface area contributed by atoms with Gasteiger partial charge in [-0.2, -0.15) is 0 Å². The molecule has 12 heteroatoms. The summed E-state index contributed by atoms with van der Waals surface area (Å²) in [4.78, 5) is 57.0. The van der Waals surface area contributed by atoms with Crippen molar-refractivity contribution < 1.29 is 23.9 Å². The zero-order chi connectivity index (χ0) is 33.9. The number of hydrogen-bond donors (Lipinski definition) is 4. The number of benzene rings is 2. The summed E-state index contributed by atoms with van der Waals surface area (Å²) in [5.74, 6) is -1.83. The molecule has 3 rings (SSSR count). The number of hydrogen-bond acceptors (Lipinski definition) is 7. The summed E-state index contributed by atoms with van der Waals surface area (Å²) in [5.41, 5.74) is 16.5. The van der Waals surface area contributed by atoms with Gasteiger partial charge in [0.25, 0.3) is 0 Å². The Morgan fingerprint density at radius 1 is 0.804 bits per heavy atom. The molecule has 1 aliphatic heterocycles. The number of carbonyl (C=O) groups excluding carboxylic acids is 4. The van der Waals surface area contributed by atoms with Crippen LogP contribution in [-0.2, 0) is 43.3 Å². The van der Waals surface area contributed by atoms with E-state index in [2.05, 4.69) is 26.0 Å². The highest BCUT2D eigenvalue weighted by Crippen LogP contribution is 2.29. The molecule has 5 atom stereocenters. The van der Waals surface area contributed by atoms with Crippen LogP contribution in [0.5, 0.6) is 0 Å². The zero-order valence-electron chi connectivity index (χ0n) is 27.4. The Labute approximate surface area is 270 Å². The number of ketones is 1. The number of amides is 3. The van der Waals surface area contributed by atoms with Crippen LogP contribution in [0.4, 0.5) is 0 Å². The first-order valence-corrected chi connectivity index (χ1v) is 15.8. The lowest BCUT2D eigenvalue weighted by atomic mass is 9.93. The fourth-order valence-corrected chi connectivity index (χ4v) is 5.18. The molecular formula is C34H47N7O5. The molecule has 46 heavy (non-hydrogen) atoms. The lowest BCUT2D eigenvalue weighted by molar-refractivity contribution is -0.134. The van der Waals surface area contributed by atoms with Crippen LogP contribution < -0.4 is 21.7 Å². The van der Waals surface area contributed by atoms with Crippen LogP contribution >= 0.6 is 0 Å². The van der Waals surface area contributed by atoms with Crippen LogP contribution in [0.3, 0.4) is 0 Å². The van der Waals surface area contributed by atoms with E-state index in [1.165, 1.54) is 0 Å². The maximum Gasteiger partial charge on any atom is 0.243 e. The Bertz CT molecular complexity index is 1390. The van der Waals surface area contributed by atoms with E-state index >= 15 is 0 Å². The topological polar surface area (TPSA) is 192 Å². The summed E-state index contributed by atoms with van der Waals surface area (Å²) in [6.45, 7) is 10.0. The molecule has 248 valence electrons. The van der Waals surface area contributed by atoms with Crippen molar-refractivity contribution in [3.05, 3.63) is 81.7 Å². The number of nitrogens with zero attached hydrogens (tertiary/aromatic N) is 3. The lowest BCUT2D eigenvalue weighted by Crippen LogP contribution is -2.58. The quantitative estimate of drug-likeness (QED) is 0.0840. The monoisotopic (exact) mass is 633 g/mol. The smallest absolute Gasteiger partial charge is 0.243 e. The van der Waals surface area contributed by atoms with E-state index in [9.17, 15) is 19.2 Å². The highest BCUT2D eigenvalue weighted by Gasteiger charge is 2.50. The maximum absolute atomic E-state index is 13.8. The van der Waals surface area contributed by atoms with E-state index in [0.29, 0.717) is 13.0 Å². The Morgan fingerprint density at radius 2 is 1.28 bits per heavy atom. The molecule has 12 nitrogen and oxygen atoms in total. The van der Waals surface area contributed by atoms with Crippen molar-refractivity contribution in [2.45, 2.75) is 96.6 Å². The third-order valence-corrected chi connectivity index (χ3v) is 7.88. The van der Waals surface area contributed by atoms with Crippen molar-refractivity contribution in [1.82, 2.24) is 16.0 Å². The molecule has 0 aromatic heterocycles. The molecule has 0 aliphatic carbocycles. The molecule has 1 saturated heterocycles. The third-order valence-electron chi connectivity index (χ3n) is 7.88. The largest absolute Gasteiger partial charge is 0.361 e. The number of nitrogens with two attached hydrogens (primary N) is 1. The number of ether oxygens (including phenoxy) is 1. The van der Waals surface area contributed by atoms with Crippen molar-refractivity contribution >= 4 is 23.5 Å². The molecule has 0 bridgehead atoms. The van der Waals surface area contributed by atoms with E-state index in [1.807, 2.05) is 82.3 Å². The summed E-state index contributed by atoms with van der Waals surface area (Å²) in [6, 6.07) is 12.7. The molecule has 0 saturated carbocycles. The number of carbonyl (C=O) groups is 4. The van der Waals surface area contributed by atoms with Gasteiger partial charge in [0.05, 0.1) is 12.6 Å². The van der Waals surface area contributed by atoms with E-state index in [0.717, 1.165) is 16.7 Å². The van der Waals surface area contributed by atoms with Crippen LogP contribution in [0.15, 0.2) is 59.7 Å². The normalized spacial score (nSPS) is 18.1. The second kappa shape index (κ2) is 16.9. The number of epoxide rings is 1. The first kappa shape index (κ1) is 36.2. The van der Waals surface area contributed by atoms with Gasteiger partial charge in [-0.25, -0.2) is 0 Å². The standard InChI is InChI=1S/C34H47N7O5/c1-21(2)15-27(31(43)37-26(30(42)34(5)20-46-34)17-24-11-13-25(19-35)14-12-24)38-32(44)28(16-22(3)4)39-33(45)29(40-41-36)18-23-9-7-6-8-10-23/h6-14,21-22,26-29H,15-20,35H2,1-5H3,(H,37,43)(H,38,44)(H,39,45)/t26-,27-,28-,29-,34+/m0/s1. The summed E-state index contributed by atoms with van der Waals surface area (Å²) in [5, 5.41) is 12.1. The van der Waals surface area contributed by atoms with Crippen LogP contribution in [0.1, 0.15) is 64.2 Å². The van der Waals surface area contributed by atoms with Crippen LogP contribution in [0.25, 0.3) is 10.4 Å². The minimum atomic E-state index is -1.07. The van der Waals surface area contributed by atoms with Crippen LogP contribution in [0, 0.1) is 11.8 Å². The van der Waals surface area contributed by atoms with Gasteiger partial charge in [0, 0.05) is 11.5 Å². The fourth-order valence-electron chi connectivity index (χ4n) is 5.18. The van der Waals surface area contributed by atoms with Gasteiger partial charge in [-0.15, -0.1) is 0 Å². The summed E-state index contributed by atoms with van der Waals surface area (Å²) in [6.07, 6.45) is 0.996. The van der Waals surface area contributed by atoms with E-state index in [4.69, 9.17) is 16.0 Å². The zero-order valence-corrected chi connectivity index (χ0v) is 27.4. The van der Waals surface area contributed by atoms with Crippen molar-refractivity contribution in [2.75, 3.05) is 6.61 Å². The van der Waals surface area contributed by atoms with Gasteiger partial charge >= 0.3 is 0 Å². The van der Waals surface area contributed by atoms with Crippen molar-refractivity contribution in [3.8, 4) is 0 Å². The minimum absolute atomic E-state index is 0.0208. The van der Waals surface area contributed by atoms with E-state index in [-0.39, 0.29) is 43.5 Å². The highest BCUT2D eigenvalue weighted by molar-refractivity contribution is 5.98. The summed E-state index contributed by atoms with van der Waals surface area (Å²) < 4.78 is 5.41. The molecule has 1 fully saturated rings. The minimum Gasteiger partial charge on any atom is -0.361 e. The van der Waals surface area contributed by atoms with Gasteiger partial charge in [0.15, 0.2) is 5.78 Å². The van der Waals surface area contributed by atoms with Gasteiger partial charge in [-0.3, -0.25) is 19.2 Å².